The maximum absolute atomic E-state index is 5.54. The molecule has 1 aromatic carbocycles. The predicted octanol–water partition coefficient (Wildman–Crippen LogP) is 2.74. The molecule has 0 radical (unpaired) electrons. The average Bonchev–Trinajstić information content (AvgIpc) is 2.20. The van der Waals surface area contributed by atoms with Crippen LogP contribution in [0, 0.1) is 6.92 Å². The summed E-state index contributed by atoms with van der Waals surface area (Å²) in [6.07, 6.45) is 2.07. The highest BCUT2D eigenvalue weighted by molar-refractivity contribution is 7.98. The van der Waals surface area contributed by atoms with Crippen molar-refractivity contribution in [3.63, 3.8) is 0 Å². The Hall–Kier alpha value is -0.670. The second-order valence-corrected chi connectivity index (χ2v) is 3.85. The van der Waals surface area contributed by atoms with E-state index >= 15 is 0 Å². The van der Waals surface area contributed by atoms with Crippen LogP contribution in [0.3, 0.4) is 0 Å². The van der Waals surface area contributed by atoms with E-state index in [0.717, 1.165) is 5.75 Å². The summed E-state index contributed by atoms with van der Waals surface area (Å²) in [5, 5.41) is 0. The highest BCUT2D eigenvalue weighted by Gasteiger charge is 2.00. The fourth-order valence-corrected chi connectivity index (χ4v) is 1.64. The smallest absolute Gasteiger partial charge is 0.122 e. The molecule has 0 aromatic heterocycles. The first kappa shape index (κ1) is 11.4. The molecule has 0 heterocycles. The lowest BCUT2D eigenvalue weighted by molar-refractivity contribution is 0.146. The van der Waals surface area contributed by atoms with Crippen LogP contribution in [0.25, 0.3) is 0 Å². The molecule has 0 saturated carbocycles. The van der Waals surface area contributed by atoms with Gasteiger partial charge in [0.2, 0.25) is 0 Å². The summed E-state index contributed by atoms with van der Waals surface area (Å²) in [7, 11) is 1.67. The largest absolute Gasteiger partial charge is 0.491 e. The second-order valence-electron chi connectivity index (χ2n) is 2.97. The summed E-state index contributed by atoms with van der Waals surface area (Å²) in [6, 6.07) is 6.21. The third kappa shape index (κ3) is 3.24. The molecule has 0 amide bonds. The fourth-order valence-electron chi connectivity index (χ4n) is 1.15. The van der Waals surface area contributed by atoms with Crippen molar-refractivity contribution in [1.29, 1.82) is 0 Å². The minimum Gasteiger partial charge on any atom is -0.491 e. The van der Waals surface area contributed by atoms with E-state index in [-0.39, 0.29) is 0 Å². The lowest BCUT2D eigenvalue weighted by Gasteiger charge is -2.09. The van der Waals surface area contributed by atoms with Gasteiger partial charge < -0.3 is 9.47 Å². The molecule has 0 aliphatic heterocycles. The molecule has 2 nitrogen and oxygen atoms in total. The molecule has 0 saturated heterocycles. The quantitative estimate of drug-likeness (QED) is 0.552. The Kier molecular flexibility index (Phi) is 4.84. The first-order valence-corrected chi connectivity index (χ1v) is 5.76. The van der Waals surface area contributed by atoms with Crippen LogP contribution >= 0.6 is 11.8 Å². The Morgan fingerprint density at radius 2 is 2.07 bits per heavy atom. The highest BCUT2D eigenvalue weighted by Crippen LogP contribution is 2.23. The van der Waals surface area contributed by atoms with Gasteiger partial charge >= 0.3 is 0 Å². The Bertz CT molecular complexity index is 287. The summed E-state index contributed by atoms with van der Waals surface area (Å²) in [5.74, 6) is 0.944. The highest BCUT2D eigenvalue weighted by atomic mass is 32.2. The maximum atomic E-state index is 5.54. The first-order valence-electron chi connectivity index (χ1n) is 4.54. The Morgan fingerprint density at radius 3 is 2.64 bits per heavy atom. The van der Waals surface area contributed by atoms with Crippen LogP contribution < -0.4 is 4.74 Å². The zero-order valence-electron chi connectivity index (χ0n) is 8.87. The minimum absolute atomic E-state index is 0.607. The van der Waals surface area contributed by atoms with Gasteiger partial charge in [0.05, 0.1) is 6.61 Å². The van der Waals surface area contributed by atoms with Gasteiger partial charge in [-0.1, -0.05) is 0 Å². The molecule has 0 fully saturated rings. The van der Waals surface area contributed by atoms with Crippen molar-refractivity contribution in [3.8, 4) is 5.75 Å². The lowest BCUT2D eigenvalue weighted by Crippen LogP contribution is -2.05. The van der Waals surface area contributed by atoms with Crippen LogP contribution in [0.1, 0.15) is 5.56 Å². The average molecular weight is 212 g/mol. The summed E-state index contributed by atoms with van der Waals surface area (Å²) in [6.45, 7) is 3.29. The van der Waals surface area contributed by atoms with Gasteiger partial charge in [0.25, 0.3) is 0 Å². The SMILES string of the molecule is COCCOc1ccc(SC)cc1C. The van der Waals surface area contributed by atoms with Crippen LogP contribution in [0.2, 0.25) is 0 Å². The number of ether oxygens (including phenoxy) is 2. The Labute approximate surface area is 89.6 Å². The van der Waals surface area contributed by atoms with Gasteiger partial charge in [0.1, 0.15) is 12.4 Å². The van der Waals surface area contributed by atoms with Crippen molar-refractivity contribution in [2.45, 2.75) is 11.8 Å². The van der Waals surface area contributed by atoms with Crippen molar-refractivity contribution >= 4 is 11.8 Å². The van der Waals surface area contributed by atoms with Crippen LogP contribution in [0.15, 0.2) is 23.1 Å². The number of hydrogen-bond donors (Lipinski definition) is 0. The zero-order chi connectivity index (χ0) is 10.4. The molecule has 0 unspecified atom stereocenters. The molecule has 0 aliphatic carbocycles. The zero-order valence-corrected chi connectivity index (χ0v) is 9.69. The molecule has 3 heteroatoms. The third-order valence-electron chi connectivity index (χ3n) is 1.93. The Morgan fingerprint density at radius 1 is 1.29 bits per heavy atom. The van der Waals surface area contributed by atoms with E-state index in [1.165, 1.54) is 10.5 Å². The van der Waals surface area contributed by atoms with Gasteiger partial charge in [-0.05, 0) is 36.9 Å². The van der Waals surface area contributed by atoms with Crippen LogP contribution in [0.4, 0.5) is 0 Å². The normalized spacial score (nSPS) is 10.2. The number of hydrogen-bond acceptors (Lipinski definition) is 3. The Balaban J connectivity index is 2.59. The van der Waals surface area contributed by atoms with E-state index in [9.17, 15) is 0 Å². The first-order chi connectivity index (χ1) is 6.77. The van der Waals surface area contributed by atoms with Crippen LogP contribution in [-0.2, 0) is 4.74 Å². The van der Waals surface area contributed by atoms with E-state index in [2.05, 4.69) is 25.3 Å². The van der Waals surface area contributed by atoms with E-state index in [4.69, 9.17) is 9.47 Å². The number of thioether (sulfide) groups is 1. The molecule has 0 N–H and O–H groups in total. The third-order valence-corrected chi connectivity index (χ3v) is 2.65. The molecule has 14 heavy (non-hydrogen) atoms. The lowest BCUT2D eigenvalue weighted by atomic mass is 10.2. The molecule has 0 aliphatic rings. The van der Waals surface area contributed by atoms with E-state index in [1.807, 2.05) is 6.07 Å². The van der Waals surface area contributed by atoms with E-state index < -0.39 is 0 Å². The van der Waals surface area contributed by atoms with Crippen molar-refractivity contribution < 1.29 is 9.47 Å². The molecule has 0 atom stereocenters. The van der Waals surface area contributed by atoms with Crippen LogP contribution in [0.5, 0.6) is 5.75 Å². The summed E-state index contributed by atoms with van der Waals surface area (Å²) < 4.78 is 10.5. The number of benzene rings is 1. The molecule has 0 spiro atoms. The second kappa shape index (κ2) is 5.94. The molecular weight excluding hydrogens is 196 g/mol. The fraction of sp³-hybridized carbons (Fsp3) is 0.455. The maximum Gasteiger partial charge on any atom is 0.122 e. The van der Waals surface area contributed by atoms with Gasteiger partial charge in [-0.15, -0.1) is 11.8 Å². The number of aryl methyl sites for hydroxylation is 1. The molecule has 1 aromatic rings. The molecule has 1 rings (SSSR count). The number of rotatable bonds is 5. The van der Waals surface area contributed by atoms with E-state index in [0.29, 0.717) is 13.2 Å². The van der Waals surface area contributed by atoms with Crippen molar-refractivity contribution in [2.75, 3.05) is 26.6 Å². The minimum atomic E-state index is 0.607. The summed E-state index contributed by atoms with van der Waals surface area (Å²) >= 11 is 1.74. The van der Waals surface area contributed by atoms with Crippen LogP contribution in [-0.4, -0.2) is 26.6 Å². The standard InChI is InChI=1S/C11H16O2S/c1-9-8-10(14-3)4-5-11(9)13-7-6-12-2/h4-5,8H,6-7H2,1-3H3. The monoisotopic (exact) mass is 212 g/mol. The van der Waals surface area contributed by atoms with E-state index in [1.54, 1.807) is 18.9 Å². The van der Waals surface area contributed by atoms with Gasteiger partial charge in [0, 0.05) is 12.0 Å². The summed E-state index contributed by atoms with van der Waals surface area (Å²) in [5.41, 5.74) is 1.17. The van der Waals surface area contributed by atoms with Gasteiger partial charge in [-0.25, -0.2) is 0 Å². The number of methoxy groups -OCH3 is 1. The van der Waals surface area contributed by atoms with Gasteiger partial charge in [-0.3, -0.25) is 0 Å². The van der Waals surface area contributed by atoms with Gasteiger partial charge in [-0.2, -0.15) is 0 Å². The summed E-state index contributed by atoms with van der Waals surface area (Å²) in [4.78, 5) is 1.27. The van der Waals surface area contributed by atoms with Crippen molar-refractivity contribution in [1.82, 2.24) is 0 Å². The van der Waals surface area contributed by atoms with Crippen molar-refractivity contribution in [2.24, 2.45) is 0 Å². The molecule has 0 bridgehead atoms. The molecular formula is C11H16O2S. The van der Waals surface area contributed by atoms with Gasteiger partial charge in [0.15, 0.2) is 0 Å². The topological polar surface area (TPSA) is 18.5 Å². The predicted molar refractivity (Wildman–Crippen MR) is 60.3 cm³/mol. The molecule has 78 valence electrons. The van der Waals surface area contributed by atoms with Crippen molar-refractivity contribution in [3.05, 3.63) is 23.8 Å².